The predicted molar refractivity (Wildman–Crippen MR) is 65.7 cm³/mol. The molecule has 0 aliphatic carbocycles. The molecule has 86 valence electrons. The number of Topliss-reactive ketones (excluding diaryl/α,β-unsaturated/α-hetero) is 1. The normalized spacial score (nSPS) is 12.2. The molecule has 0 aliphatic rings. The Kier molecular flexibility index (Phi) is 4.50. The van der Waals surface area contributed by atoms with Crippen LogP contribution in [0.2, 0.25) is 0 Å². The summed E-state index contributed by atoms with van der Waals surface area (Å²) in [6, 6.07) is 4.64. The van der Waals surface area contributed by atoms with Crippen LogP contribution in [0, 0.1) is 0 Å². The summed E-state index contributed by atoms with van der Waals surface area (Å²) in [6.07, 6.45) is 0. The lowest BCUT2D eigenvalue weighted by molar-refractivity contribution is 0.0692. The molecule has 0 heterocycles. The van der Waals surface area contributed by atoms with Crippen molar-refractivity contribution in [2.75, 3.05) is 0 Å². The zero-order valence-electron chi connectivity index (χ0n) is 8.54. The quantitative estimate of drug-likeness (QED) is 0.687. The van der Waals surface area contributed by atoms with E-state index in [0.717, 1.165) is 0 Å². The van der Waals surface area contributed by atoms with E-state index in [1.54, 1.807) is 19.1 Å². The molecular weight excluding hydrogens is 295 g/mol. The lowest BCUT2D eigenvalue weighted by Crippen LogP contribution is -2.17. The van der Waals surface area contributed by atoms with Gasteiger partial charge in [-0.25, -0.2) is 4.79 Å². The highest BCUT2D eigenvalue weighted by Crippen LogP contribution is 2.21. The highest BCUT2D eigenvalue weighted by atomic mass is 79.9. The Balaban J connectivity index is 3.42. The summed E-state index contributed by atoms with van der Waals surface area (Å²) in [7, 11) is 0. The highest BCUT2D eigenvalue weighted by Gasteiger charge is 2.22. The van der Waals surface area contributed by atoms with Crippen molar-refractivity contribution >= 4 is 39.3 Å². The molecular formula is C11H10BrClO3. The van der Waals surface area contributed by atoms with Crippen LogP contribution < -0.4 is 0 Å². The summed E-state index contributed by atoms with van der Waals surface area (Å²) >= 11 is 8.83. The first-order valence-corrected chi connectivity index (χ1v) is 6.03. The van der Waals surface area contributed by atoms with Gasteiger partial charge in [-0.3, -0.25) is 4.79 Å². The average Bonchev–Trinajstić information content (AvgIpc) is 2.26. The second-order valence-corrected chi connectivity index (χ2v) is 4.90. The summed E-state index contributed by atoms with van der Waals surface area (Å²) in [5.41, 5.74) is 0.724. The minimum Gasteiger partial charge on any atom is -0.478 e. The third-order valence-electron chi connectivity index (χ3n) is 2.13. The fourth-order valence-corrected chi connectivity index (χ4v) is 1.83. The van der Waals surface area contributed by atoms with E-state index in [0.29, 0.717) is 5.56 Å². The standard InChI is InChI=1S/C11H10BrClO3/c1-6(12)10(14)9-7(5-13)3-2-4-8(9)11(15)16/h2-4,6H,5H2,1H3,(H,15,16). The molecule has 0 aromatic heterocycles. The molecule has 0 amide bonds. The van der Waals surface area contributed by atoms with Crippen LogP contribution in [0.15, 0.2) is 18.2 Å². The molecule has 16 heavy (non-hydrogen) atoms. The van der Waals surface area contributed by atoms with Gasteiger partial charge in [0.2, 0.25) is 0 Å². The zero-order chi connectivity index (χ0) is 12.3. The molecule has 0 radical (unpaired) electrons. The number of benzene rings is 1. The van der Waals surface area contributed by atoms with Crippen LogP contribution in [-0.4, -0.2) is 21.7 Å². The van der Waals surface area contributed by atoms with Gasteiger partial charge in [-0.15, -0.1) is 11.6 Å². The molecule has 0 fully saturated rings. The third kappa shape index (κ3) is 2.62. The van der Waals surface area contributed by atoms with E-state index < -0.39 is 10.8 Å². The number of alkyl halides is 2. The van der Waals surface area contributed by atoms with E-state index in [2.05, 4.69) is 15.9 Å². The van der Waals surface area contributed by atoms with Crippen molar-refractivity contribution in [3.63, 3.8) is 0 Å². The molecule has 0 spiro atoms. The molecule has 0 bridgehead atoms. The SMILES string of the molecule is CC(Br)C(=O)c1c(CCl)cccc1C(=O)O. The molecule has 1 N–H and O–H groups in total. The average molecular weight is 306 g/mol. The monoisotopic (exact) mass is 304 g/mol. The van der Waals surface area contributed by atoms with Crippen molar-refractivity contribution in [3.05, 3.63) is 34.9 Å². The van der Waals surface area contributed by atoms with Crippen molar-refractivity contribution in [3.8, 4) is 0 Å². The molecule has 1 atom stereocenters. The van der Waals surface area contributed by atoms with Gasteiger partial charge in [0, 0.05) is 11.4 Å². The first kappa shape index (κ1) is 13.2. The number of hydrogen-bond acceptors (Lipinski definition) is 2. The maximum absolute atomic E-state index is 11.9. The van der Waals surface area contributed by atoms with Crippen LogP contribution in [0.1, 0.15) is 33.2 Å². The zero-order valence-corrected chi connectivity index (χ0v) is 10.9. The van der Waals surface area contributed by atoms with Gasteiger partial charge >= 0.3 is 5.97 Å². The molecule has 0 saturated heterocycles. The van der Waals surface area contributed by atoms with Gasteiger partial charge in [-0.05, 0) is 18.6 Å². The van der Waals surface area contributed by atoms with Gasteiger partial charge in [0.15, 0.2) is 5.78 Å². The summed E-state index contributed by atoms with van der Waals surface area (Å²) in [6.45, 7) is 1.65. The Morgan fingerprint density at radius 1 is 1.50 bits per heavy atom. The highest BCUT2D eigenvalue weighted by molar-refractivity contribution is 9.10. The van der Waals surface area contributed by atoms with E-state index in [4.69, 9.17) is 16.7 Å². The van der Waals surface area contributed by atoms with E-state index >= 15 is 0 Å². The van der Waals surface area contributed by atoms with Gasteiger partial charge in [-0.2, -0.15) is 0 Å². The largest absolute Gasteiger partial charge is 0.478 e. The fourth-order valence-electron chi connectivity index (χ4n) is 1.38. The molecule has 1 rings (SSSR count). The second-order valence-electron chi connectivity index (χ2n) is 3.26. The third-order valence-corrected chi connectivity index (χ3v) is 2.84. The van der Waals surface area contributed by atoms with Gasteiger partial charge in [-0.1, -0.05) is 28.1 Å². The van der Waals surface area contributed by atoms with Crippen molar-refractivity contribution in [1.82, 2.24) is 0 Å². The maximum atomic E-state index is 11.9. The Bertz CT molecular complexity index is 429. The Morgan fingerprint density at radius 3 is 2.56 bits per heavy atom. The van der Waals surface area contributed by atoms with Crippen molar-refractivity contribution < 1.29 is 14.7 Å². The predicted octanol–water partition coefficient (Wildman–Crippen LogP) is 3.09. The molecule has 3 nitrogen and oxygen atoms in total. The summed E-state index contributed by atoms with van der Waals surface area (Å²) < 4.78 is 0. The van der Waals surface area contributed by atoms with E-state index in [1.165, 1.54) is 6.07 Å². The van der Waals surface area contributed by atoms with Crippen LogP contribution in [0.4, 0.5) is 0 Å². The van der Waals surface area contributed by atoms with Crippen LogP contribution in [-0.2, 0) is 5.88 Å². The van der Waals surface area contributed by atoms with Crippen LogP contribution in [0.5, 0.6) is 0 Å². The van der Waals surface area contributed by atoms with Gasteiger partial charge in [0.05, 0.1) is 10.4 Å². The molecule has 0 saturated carbocycles. The smallest absolute Gasteiger partial charge is 0.336 e. The lowest BCUT2D eigenvalue weighted by atomic mass is 9.97. The van der Waals surface area contributed by atoms with Crippen molar-refractivity contribution in [2.24, 2.45) is 0 Å². The van der Waals surface area contributed by atoms with E-state index in [-0.39, 0.29) is 22.8 Å². The first-order valence-electron chi connectivity index (χ1n) is 4.58. The Labute approximate surface area is 107 Å². The fraction of sp³-hybridized carbons (Fsp3) is 0.273. The topological polar surface area (TPSA) is 54.4 Å². The van der Waals surface area contributed by atoms with Gasteiger partial charge in [0.25, 0.3) is 0 Å². The molecule has 1 aromatic rings. The summed E-state index contributed by atoms with van der Waals surface area (Å²) in [5.74, 6) is -1.28. The van der Waals surface area contributed by atoms with Crippen LogP contribution >= 0.6 is 27.5 Å². The minimum absolute atomic E-state index is 0.00514. The molecule has 0 aliphatic heterocycles. The van der Waals surface area contributed by atoms with E-state index in [1.807, 2.05) is 0 Å². The number of ketones is 1. The number of hydrogen-bond donors (Lipinski definition) is 1. The van der Waals surface area contributed by atoms with Crippen LogP contribution in [0.25, 0.3) is 0 Å². The molecule has 5 heteroatoms. The number of carboxylic acid groups (broad SMARTS) is 1. The number of carboxylic acids is 1. The maximum Gasteiger partial charge on any atom is 0.336 e. The minimum atomic E-state index is -1.12. The van der Waals surface area contributed by atoms with Crippen molar-refractivity contribution in [1.29, 1.82) is 0 Å². The Morgan fingerprint density at radius 2 is 2.12 bits per heavy atom. The number of carbonyl (C=O) groups excluding carboxylic acids is 1. The van der Waals surface area contributed by atoms with Gasteiger partial charge < -0.3 is 5.11 Å². The Hall–Kier alpha value is -0.870. The molecule has 1 aromatic carbocycles. The van der Waals surface area contributed by atoms with E-state index in [9.17, 15) is 9.59 Å². The van der Waals surface area contributed by atoms with Crippen molar-refractivity contribution in [2.45, 2.75) is 17.6 Å². The number of rotatable bonds is 4. The van der Waals surface area contributed by atoms with Crippen LogP contribution in [0.3, 0.4) is 0 Å². The second kappa shape index (κ2) is 5.46. The number of halogens is 2. The molecule has 1 unspecified atom stereocenters. The number of aromatic carboxylic acids is 1. The summed E-state index contributed by atoms with van der Waals surface area (Å²) in [5, 5.41) is 9.01. The van der Waals surface area contributed by atoms with Gasteiger partial charge in [0.1, 0.15) is 0 Å². The lowest BCUT2D eigenvalue weighted by Gasteiger charge is -2.10. The summed E-state index contributed by atoms with van der Waals surface area (Å²) in [4.78, 5) is 22.5. The number of carbonyl (C=O) groups is 2. The first-order chi connectivity index (χ1) is 7.49.